The van der Waals surface area contributed by atoms with Gasteiger partial charge in [-0.15, -0.1) is 0 Å². The molecule has 1 heterocycles. The summed E-state index contributed by atoms with van der Waals surface area (Å²) in [5, 5.41) is 0. The summed E-state index contributed by atoms with van der Waals surface area (Å²) in [5.41, 5.74) is -0.580. The van der Waals surface area contributed by atoms with Crippen LogP contribution in [0, 0.1) is 5.41 Å². The minimum atomic E-state index is -2.71. The van der Waals surface area contributed by atoms with E-state index in [1.807, 2.05) is 0 Å². The normalized spacial score (nSPS) is 22.5. The van der Waals surface area contributed by atoms with Crippen molar-refractivity contribution in [3.63, 3.8) is 0 Å². The number of rotatable bonds is 2. The smallest absolute Gasteiger partial charge is 0.259 e. The lowest BCUT2D eigenvalue weighted by Crippen LogP contribution is -2.54. The predicted molar refractivity (Wildman–Crippen MR) is 38.7 cm³/mol. The summed E-state index contributed by atoms with van der Waals surface area (Å²) in [6.07, 6.45) is 0. The second-order valence-electron chi connectivity index (χ2n) is 3.24. The third-order valence-electron chi connectivity index (χ3n) is 2.35. The Kier molecular flexibility index (Phi) is 1.79. The maximum atomic E-state index is 12.9. The van der Waals surface area contributed by atoms with E-state index in [-0.39, 0.29) is 13.2 Å². The molecule has 3 heteroatoms. The third kappa shape index (κ3) is 1.07. The summed E-state index contributed by atoms with van der Waals surface area (Å²) in [4.78, 5) is 0. The molecule has 1 rings (SSSR count). The van der Waals surface area contributed by atoms with E-state index >= 15 is 0 Å². The van der Waals surface area contributed by atoms with Crippen LogP contribution in [-0.2, 0) is 4.74 Å². The molecule has 1 nitrogen and oxygen atoms in total. The third-order valence-corrected chi connectivity index (χ3v) is 2.35. The van der Waals surface area contributed by atoms with Crippen LogP contribution in [0.1, 0.15) is 13.8 Å². The van der Waals surface area contributed by atoms with Crippen molar-refractivity contribution < 1.29 is 13.5 Å². The molecule has 0 radical (unpaired) electrons. The monoisotopic (exact) mass is 162 g/mol. The van der Waals surface area contributed by atoms with E-state index < -0.39 is 11.3 Å². The highest BCUT2D eigenvalue weighted by molar-refractivity contribution is 5.16. The molecule has 0 spiro atoms. The largest absolute Gasteiger partial charge is 0.379 e. The van der Waals surface area contributed by atoms with Gasteiger partial charge in [-0.05, 0) is 6.92 Å². The summed E-state index contributed by atoms with van der Waals surface area (Å²) >= 11 is 0. The van der Waals surface area contributed by atoms with Gasteiger partial charge < -0.3 is 4.74 Å². The zero-order valence-corrected chi connectivity index (χ0v) is 6.79. The molecule has 64 valence electrons. The van der Waals surface area contributed by atoms with Crippen LogP contribution in [0.3, 0.4) is 0 Å². The van der Waals surface area contributed by atoms with E-state index in [0.717, 1.165) is 6.92 Å². The summed E-state index contributed by atoms with van der Waals surface area (Å²) in [5.74, 6) is -2.71. The minimum Gasteiger partial charge on any atom is -0.379 e. The van der Waals surface area contributed by atoms with Crippen LogP contribution < -0.4 is 0 Å². The Morgan fingerprint density at radius 3 is 2.00 bits per heavy atom. The zero-order valence-electron chi connectivity index (χ0n) is 6.79. The van der Waals surface area contributed by atoms with Gasteiger partial charge in [0.05, 0.1) is 13.2 Å². The van der Waals surface area contributed by atoms with Gasteiger partial charge in [0.1, 0.15) is 5.41 Å². The van der Waals surface area contributed by atoms with Crippen LogP contribution in [0.15, 0.2) is 12.2 Å². The molecule has 0 aromatic rings. The lowest BCUT2D eigenvalue weighted by atomic mass is 9.74. The summed E-state index contributed by atoms with van der Waals surface area (Å²) in [6, 6.07) is 0. The molecule has 0 saturated carbocycles. The van der Waals surface area contributed by atoms with E-state index in [1.165, 1.54) is 0 Å². The van der Waals surface area contributed by atoms with Crippen molar-refractivity contribution in [3.05, 3.63) is 12.2 Å². The molecule has 1 saturated heterocycles. The minimum absolute atomic E-state index is 0.103. The van der Waals surface area contributed by atoms with Gasteiger partial charge in [-0.1, -0.05) is 12.2 Å². The van der Waals surface area contributed by atoms with Gasteiger partial charge in [0, 0.05) is 6.92 Å². The van der Waals surface area contributed by atoms with E-state index in [9.17, 15) is 8.78 Å². The number of alkyl halides is 2. The topological polar surface area (TPSA) is 9.23 Å². The van der Waals surface area contributed by atoms with Gasteiger partial charge in [-0.3, -0.25) is 0 Å². The molecular weight excluding hydrogens is 150 g/mol. The Labute approximate surface area is 65.0 Å². The van der Waals surface area contributed by atoms with Gasteiger partial charge in [0.15, 0.2) is 0 Å². The second-order valence-corrected chi connectivity index (χ2v) is 3.24. The highest BCUT2D eigenvalue weighted by atomic mass is 19.3. The van der Waals surface area contributed by atoms with Gasteiger partial charge in [0.2, 0.25) is 0 Å². The highest BCUT2D eigenvalue weighted by Gasteiger charge is 2.56. The molecule has 1 aliphatic rings. The van der Waals surface area contributed by atoms with Crippen molar-refractivity contribution in [3.8, 4) is 0 Å². The molecular formula is C8H12F2O. The van der Waals surface area contributed by atoms with E-state index in [2.05, 4.69) is 6.58 Å². The van der Waals surface area contributed by atoms with Crippen molar-refractivity contribution in [1.29, 1.82) is 0 Å². The van der Waals surface area contributed by atoms with Gasteiger partial charge in [-0.25, -0.2) is 8.78 Å². The summed E-state index contributed by atoms with van der Waals surface area (Å²) in [7, 11) is 0. The SMILES string of the molecule is C=C(C)C1(C(C)(F)F)COC1. The summed E-state index contributed by atoms with van der Waals surface area (Å²) < 4.78 is 30.7. The predicted octanol–water partition coefficient (Wildman–Crippen LogP) is 2.23. The lowest BCUT2D eigenvalue weighted by Gasteiger charge is -2.45. The van der Waals surface area contributed by atoms with Gasteiger partial charge in [0.25, 0.3) is 5.92 Å². The molecule has 11 heavy (non-hydrogen) atoms. The van der Waals surface area contributed by atoms with Crippen molar-refractivity contribution >= 4 is 0 Å². The average Bonchev–Trinajstić information content (AvgIpc) is 1.52. The number of ether oxygens (including phenoxy) is 1. The lowest BCUT2D eigenvalue weighted by molar-refractivity contribution is -0.213. The Morgan fingerprint density at radius 1 is 1.55 bits per heavy atom. The highest BCUT2D eigenvalue weighted by Crippen LogP contribution is 2.47. The quantitative estimate of drug-likeness (QED) is 0.566. The molecule has 0 atom stereocenters. The van der Waals surface area contributed by atoms with E-state index in [1.54, 1.807) is 6.92 Å². The molecule has 0 aliphatic carbocycles. The molecule has 1 fully saturated rings. The fourth-order valence-electron chi connectivity index (χ4n) is 1.18. The fourth-order valence-corrected chi connectivity index (χ4v) is 1.18. The number of hydrogen-bond acceptors (Lipinski definition) is 1. The molecule has 0 aromatic carbocycles. The first kappa shape index (κ1) is 8.65. The maximum absolute atomic E-state index is 12.9. The first-order valence-electron chi connectivity index (χ1n) is 3.52. The fraction of sp³-hybridized carbons (Fsp3) is 0.750. The van der Waals surface area contributed by atoms with Crippen LogP contribution >= 0.6 is 0 Å². The van der Waals surface area contributed by atoms with Crippen molar-refractivity contribution in [1.82, 2.24) is 0 Å². The standard InChI is InChI=1S/C8H12F2O/c1-6(2)8(4-11-5-8)7(3,9)10/h1,4-5H2,2-3H3. The number of halogens is 2. The van der Waals surface area contributed by atoms with Crippen molar-refractivity contribution in [2.24, 2.45) is 5.41 Å². The van der Waals surface area contributed by atoms with E-state index in [4.69, 9.17) is 4.74 Å². The van der Waals surface area contributed by atoms with Crippen molar-refractivity contribution in [2.75, 3.05) is 13.2 Å². The van der Waals surface area contributed by atoms with Crippen LogP contribution in [0.4, 0.5) is 8.78 Å². The van der Waals surface area contributed by atoms with E-state index in [0.29, 0.717) is 5.57 Å². The zero-order chi connectivity index (χ0) is 8.70. The second kappa shape index (κ2) is 2.27. The van der Waals surface area contributed by atoms with Crippen LogP contribution in [0.2, 0.25) is 0 Å². The van der Waals surface area contributed by atoms with Crippen LogP contribution in [-0.4, -0.2) is 19.1 Å². The van der Waals surface area contributed by atoms with Gasteiger partial charge >= 0.3 is 0 Å². The summed E-state index contributed by atoms with van der Waals surface area (Å²) in [6.45, 7) is 6.31. The molecule has 0 aromatic heterocycles. The van der Waals surface area contributed by atoms with Crippen LogP contribution in [0.5, 0.6) is 0 Å². The molecule has 0 amide bonds. The first-order chi connectivity index (χ1) is 4.90. The Hall–Kier alpha value is -0.440. The Balaban J connectivity index is 2.85. The first-order valence-corrected chi connectivity index (χ1v) is 3.52. The Bertz CT molecular complexity index is 177. The number of hydrogen-bond donors (Lipinski definition) is 0. The van der Waals surface area contributed by atoms with Crippen molar-refractivity contribution in [2.45, 2.75) is 19.8 Å². The molecule has 0 unspecified atom stereocenters. The Morgan fingerprint density at radius 2 is 2.00 bits per heavy atom. The molecule has 0 bridgehead atoms. The van der Waals surface area contributed by atoms with Crippen LogP contribution in [0.25, 0.3) is 0 Å². The molecule has 1 aliphatic heterocycles. The molecule has 0 N–H and O–H groups in total. The average molecular weight is 162 g/mol. The van der Waals surface area contributed by atoms with Gasteiger partial charge in [-0.2, -0.15) is 0 Å². The maximum Gasteiger partial charge on any atom is 0.259 e.